The fraction of sp³-hybridized carbons (Fsp3) is 0. The highest BCUT2D eigenvalue weighted by atomic mass is 16.3. The molecule has 0 amide bonds. The van der Waals surface area contributed by atoms with Crippen molar-refractivity contribution in [2.75, 3.05) is 0 Å². The highest BCUT2D eigenvalue weighted by Crippen LogP contribution is 2.33. The summed E-state index contributed by atoms with van der Waals surface area (Å²) in [7, 11) is 0. The third-order valence-corrected chi connectivity index (χ3v) is 6.88. The van der Waals surface area contributed by atoms with Gasteiger partial charge in [0.25, 0.3) is 0 Å². The molecule has 4 aromatic heterocycles. The lowest BCUT2D eigenvalue weighted by atomic mass is 10.1. The zero-order valence-electron chi connectivity index (χ0n) is 20.0. The lowest BCUT2D eigenvalue weighted by Crippen LogP contribution is -1.95. The molecule has 0 aliphatic rings. The van der Waals surface area contributed by atoms with Crippen molar-refractivity contribution < 1.29 is 8.83 Å². The number of hydrogen-bond acceptors (Lipinski definition) is 6. The molecule has 0 fully saturated rings. The molecule has 0 spiro atoms. The molecule has 178 valence electrons. The molecule has 4 heterocycles. The number of fused-ring (bicyclic) bond motifs is 6. The minimum atomic E-state index is 0.656. The van der Waals surface area contributed by atoms with Gasteiger partial charge in [-0.15, -0.1) is 0 Å². The van der Waals surface area contributed by atoms with Crippen LogP contribution in [0.1, 0.15) is 0 Å². The fourth-order valence-corrected chi connectivity index (χ4v) is 5.03. The second-order valence-electron chi connectivity index (χ2n) is 9.20. The quantitative estimate of drug-likeness (QED) is 0.249. The van der Waals surface area contributed by atoms with Gasteiger partial charge < -0.3 is 8.83 Å². The van der Waals surface area contributed by atoms with Crippen molar-refractivity contribution in [3.63, 3.8) is 0 Å². The lowest BCUT2D eigenvalue weighted by molar-refractivity contribution is 0.668. The van der Waals surface area contributed by atoms with Crippen LogP contribution >= 0.6 is 0 Å². The maximum absolute atomic E-state index is 5.98. The first-order valence-corrected chi connectivity index (χ1v) is 12.3. The van der Waals surface area contributed by atoms with E-state index in [1.54, 1.807) is 24.8 Å². The Bertz CT molecular complexity index is 2000. The van der Waals surface area contributed by atoms with E-state index in [1.807, 2.05) is 60.7 Å². The van der Waals surface area contributed by atoms with Gasteiger partial charge in [-0.2, -0.15) is 0 Å². The topological polar surface area (TPSA) is 77.8 Å². The summed E-state index contributed by atoms with van der Waals surface area (Å²) in [5, 5.41) is 4.26. The Morgan fingerprint density at radius 2 is 0.816 bits per heavy atom. The molecule has 0 bridgehead atoms. The average molecular weight is 491 g/mol. The summed E-state index contributed by atoms with van der Waals surface area (Å²) < 4.78 is 12.0. The smallest absolute Gasteiger partial charge is 0.135 e. The molecule has 4 aromatic carbocycles. The van der Waals surface area contributed by atoms with E-state index in [9.17, 15) is 0 Å². The van der Waals surface area contributed by atoms with E-state index >= 15 is 0 Å². The molecule has 0 radical (unpaired) electrons. The van der Waals surface area contributed by atoms with E-state index in [1.165, 1.54) is 0 Å². The lowest BCUT2D eigenvalue weighted by Gasteiger charge is -2.06. The van der Waals surface area contributed by atoms with Gasteiger partial charge in [0.2, 0.25) is 0 Å². The van der Waals surface area contributed by atoms with Crippen LogP contribution in [0.4, 0.5) is 0 Å². The molecule has 0 N–H and O–H groups in total. The maximum Gasteiger partial charge on any atom is 0.135 e. The Hall–Kier alpha value is -5.36. The fourth-order valence-electron chi connectivity index (χ4n) is 5.03. The molecular weight excluding hydrogens is 472 g/mol. The van der Waals surface area contributed by atoms with Gasteiger partial charge in [0.1, 0.15) is 33.7 Å². The zero-order valence-corrected chi connectivity index (χ0v) is 20.0. The highest BCUT2D eigenvalue weighted by molar-refractivity contribution is 6.07. The molecule has 6 heteroatoms. The largest absolute Gasteiger partial charge is 0.456 e. The number of aromatic nitrogens is 4. The van der Waals surface area contributed by atoms with Gasteiger partial charge in [-0.05, 0) is 48.5 Å². The van der Waals surface area contributed by atoms with E-state index in [4.69, 9.17) is 18.8 Å². The summed E-state index contributed by atoms with van der Waals surface area (Å²) in [6, 6.07) is 28.3. The number of hydrogen-bond donors (Lipinski definition) is 0. The molecule has 0 saturated carbocycles. The van der Waals surface area contributed by atoms with Crippen LogP contribution in [0.3, 0.4) is 0 Å². The third kappa shape index (κ3) is 3.28. The van der Waals surface area contributed by atoms with Crippen LogP contribution in [0.25, 0.3) is 77.8 Å². The molecule has 38 heavy (non-hydrogen) atoms. The van der Waals surface area contributed by atoms with Gasteiger partial charge in [-0.3, -0.25) is 9.97 Å². The van der Waals surface area contributed by atoms with E-state index in [2.05, 4.69) is 34.2 Å². The van der Waals surface area contributed by atoms with Gasteiger partial charge in [0.15, 0.2) is 0 Å². The molecule has 0 atom stereocenters. The van der Waals surface area contributed by atoms with Crippen molar-refractivity contribution in [2.24, 2.45) is 0 Å². The van der Waals surface area contributed by atoms with Crippen molar-refractivity contribution in [2.45, 2.75) is 0 Å². The Morgan fingerprint density at radius 1 is 0.395 bits per heavy atom. The first kappa shape index (κ1) is 20.8. The number of para-hydroxylation sites is 2. The second-order valence-corrected chi connectivity index (χ2v) is 9.20. The average Bonchev–Trinajstić information content (AvgIpc) is 3.55. The predicted octanol–water partition coefficient (Wildman–Crippen LogP) is 8.07. The van der Waals surface area contributed by atoms with Crippen molar-refractivity contribution in [1.29, 1.82) is 0 Å². The Morgan fingerprint density at radius 3 is 1.32 bits per heavy atom. The standard InChI is InChI=1S/C32H18N4O2/c1-3-7-29-21(5-1)23-13-19(9-11-31(23)37-29)25-15-33-17-27(35-25)28-18-34-16-26(36-28)20-10-12-32-24(14-20)22-6-2-4-8-30(22)38-32/h1-18H. The summed E-state index contributed by atoms with van der Waals surface area (Å²) in [5.41, 5.74) is 8.18. The minimum Gasteiger partial charge on any atom is -0.456 e. The van der Waals surface area contributed by atoms with Gasteiger partial charge in [-0.25, -0.2) is 9.97 Å². The minimum absolute atomic E-state index is 0.656. The number of rotatable bonds is 3. The molecule has 8 aromatic rings. The number of furan rings is 2. The van der Waals surface area contributed by atoms with Gasteiger partial charge in [0.05, 0.1) is 36.2 Å². The summed E-state index contributed by atoms with van der Waals surface area (Å²) >= 11 is 0. The van der Waals surface area contributed by atoms with Crippen LogP contribution in [-0.2, 0) is 0 Å². The van der Waals surface area contributed by atoms with Crippen LogP contribution in [0, 0.1) is 0 Å². The maximum atomic E-state index is 5.98. The Kier molecular flexibility index (Phi) is 4.42. The molecule has 0 aliphatic heterocycles. The first-order chi connectivity index (χ1) is 18.8. The third-order valence-electron chi connectivity index (χ3n) is 6.88. The highest BCUT2D eigenvalue weighted by Gasteiger charge is 2.13. The van der Waals surface area contributed by atoms with Crippen LogP contribution in [0.15, 0.2) is 119 Å². The molecule has 6 nitrogen and oxygen atoms in total. The van der Waals surface area contributed by atoms with Gasteiger partial charge in [-0.1, -0.05) is 36.4 Å². The molecule has 0 unspecified atom stereocenters. The summed E-state index contributed by atoms with van der Waals surface area (Å²) in [4.78, 5) is 18.7. The monoisotopic (exact) mass is 490 g/mol. The Balaban J connectivity index is 1.20. The van der Waals surface area contributed by atoms with Crippen LogP contribution < -0.4 is 0 Å². The normalized spacial score (nSPS) is 11.7. The summed E-state index contributed by atoms with van der Waals surface area (Å²) in [6.07, 6.45) is 6.97. The van der Waals surface area contributed by atoms with Crippen LogP contribution in [0.5, 0.6) is 0 Å². The van der Waals surface area contributed by atoms with E-state index < -0.39 is 0 Å². The second kappa shape index (κ2) is 8.08. The zero-order chi connectivity index (χ0) is 25.1. The molecular formula is C32H18N4O2. The number of nitrogens with zero attached hydrogens (tertiary/aromatic N) is 4. The van der Waals surface area contributed by atoms with Crippen molar-refractivity contribution >= 4 is 43.9 Å². The van der Waals surface area contributed by atoms with E-state index in [0.717, 1.165) is 66.4 Å². The summed E-state index contributed by atoms with van der Waals surface area (Å²) in [5.74, 6) is 0. The first-order valence-electron chi connectivity index (χ1n) is 12.3. The summed E-state index contributed by atoms with van der Waals surface area (Å²) in [6.45, 7) is 0. The van der Waals surface area contributed by atoms with Gasteiger partial charge in [0, 0.05) is 32.7 Å². The molecule has 0 aliphatic carbocycles. The van der Waals surface area contributed by atoms with Gasteiger partial charge >= 0.3 is 0 Å². The Labute approximate surface area is 216 Å². The van der Waals surface area contributed by atoms with Crippen LogP contribution in [-0.4, -0.2) is 19.9 Å². The van der Waals surface area contributed by atoms with E-state index in [0.29, 0.717) is 11.4 Å². The number of benzene rings is 4. The van der Waals surface area contributed by atoms with Crippen molar-refractivity contribution in [3.05, 3.63) is 110 Å². The predicted molar refractivity (Wildman–Crippen MR) is 148 cm³/mol. The van der Waals surface area contributed by atoms with E-state index in [-0.39, 0.29) is 0 Å². The van der Waals surface area contributed by atoms with Crippen LogP contribution in [0.2, 0.25) is 0 Å². The molecule has 0 saturated heterocycles. The SMILES string of the molecule is c1ccc2c(c1)oc1ccc(-c3cncc(-c4cncc(-c5ccc6oc7ccccc7c6c5)n4)n3)cc12. The van der Waals surface area contributed by atoms with Crippen molar-refractivity contribution in [3.8, 4) is 33.9 Å². The van der Waals surface area contributed by atoms with Crippen molar-refractivity contribution in [1.82, 2.24) is 19.9 Å². The molecule has 8 rings (SSSR count).